The monoisotopic (exact) mass is 245 g/mol. The van der Waals surface area contributed by atoms with Crippen molar-refractivity contribution in [2.24, 2.45) is 0 Å². The topological polar surface area (TPSA) is 40.7 Å². The van der Waals surface area contributed by atoms with E-state index in [4.69, 9.17) is 0 Å². The minimum atomic E-state index is -0.215. The van der Waals surface area contributed by atoms with Crippen LogP contribution in [0.5, 0.6) is 0 Å². The molecule has 0 atom stereocenters. The second-order valence-corrected chi connectivity index (χ2v) is 4.74. The van der Waals surface area contributed by atoms with E-state index in [0.717, 1.165) is 37.2 Å². The molecule has 0 aliphatic carbocycles. The van der Waals surface area contributed by atoms with Crippen molar-refractivity contribution in [2.75, 3.05) is 13.1 Å². The molecule has 0 saturated carbocycles. The van der Waals surface area contributed by atoms with Gasteiger partial charge in [0.15, 0.2) is 0 Å². The minimum absolute atomic E-state index is 0.215. The van der Waals surface area contributed by atoms with Crippen LogP contribution in [0.25, 0.3) is 11.3 Å². The summed E-state index contributed by atoms with van der Waals surface area (Å²) >= 11 is 0. The Morgan fingerprint density at radius 1 is 1.11 bits per heavy atom. The lowest BCUT2D eigenvalue weighted by Crippen LogP contribution is -2.26. The summed E-state index contributed by atoms with van der Waals surface area (Å²) in [6, 6.07) is 8.54. The fourth-order valence-corrected chi connectivity index (χ4v) is 2.45. The van der Waals surface area contributed by atoms with Gasteiger partial charge in [-0.15, -0.1) is 0 Å². The predicted octanol–water partition coefficient (Wildman–Crippen LogP) is 2.68. The Hall–Kier alpha value is -1.68. The molecule has 1 saturated heterocycles. The summed E-state index contributed by atoms with van der Waals surface area (Å²) in [7, 11) is 0. The molecule has 94 valence electrons. The quantitative estimate of drug-likeness (QED) is 0.854. The first kappa shape index (κ1) is 11.4. The molecule has 0 spiro atoms. The fourth-order valence-electron chi connectivity index (χ4n) is 2.45. The van der Waals surface area contributed by atoms with Crippen molar-refractivity contribution in [3.63, 3.8) is 0 Å². The summed E-state index contributed by atoms with van der Waals surface area (Å²) in [6.07, 6.45) is 2.29. The minimum Gasteiger partial charge on any atom is -0.317 e. The van der Waals surface area contributed by atoms with Crippen molar-refractivity contribution < 1.29 is 4.39 Å². The number of benzene rings is 1. The molecule has 4 heteroatoms. The molecule has 1 aliphatic rings. The number of aromatic nitrogens is 2. The lowest BCUT2D eigenvalue weighted by molar-refractivity contribution is 0.453. The van der Waals surface area contributed by atoms with E-state index in [9.17, 15) is 4.39 Å². The first-order chi connectivity index (χ1) is 8.83. The number of aromatic amines is 1. The molecule has 1 aromatic carbocycles. The number of nitrogens with zero attached hydrogens (tertiary/aromatic N) is 1. The van der Waals surface area contributed by atoms with Crippen LogP contribution in [0.3, 0.4) is 0 Å². The predicted molar refractivity (Wildman–Crippen MR) is 68.8 cm³/mol. The molecule has 0 amide bonds. The second kappa shape index (κ2) is 4.90. The van der Waals surface area contributed by atoms with Crippen LogP contribution in [0.1, 0.15) is 24.5 Å². The summed E-state index contributed by atoms with van der Waals surface area (Å²) in [5.41, 5.74) is 3.03. The normalized spacial score (nSPS) is 16.9. The van der Waals surface area contributed by atoms with E-state index < -0.39 is 0 Å². The maximum Gasteiger partial charge on any atom is 0.123 e. The Morgan fingerprint density at radius 3 is 2.56 bits per heavy atom. The van der Waals surface area contributed by atoms with Crippen LogP contribution in [0, 0.1) is 5.82 Å². The fraction of sp³-hybridized carbons (Fsp3) is 0.357. The third-order valence-corrected chi connectivity index (χ3v) is 3.52. The van der Waals surface area contributed by atoms with Gasteiger partial charge in [-0.1, -0.05) is 0 Å². The zero-order valence-corrected chi connectivity index (χ0v) is 10.1. The van der Waals surface area contributed by atoms with E-state index in [1.54, 1.807) is 12.1 Å². The average molecular weight is 245 g/mol. The smallest absolute Gasteiger partial charge is 0.123 e. The molecule has 1 aromatic heterocycles. The zero-order chi connectivity index (χ0) is 12.4. The molecule has 0 radical (unpaired) electrons. The van der Waals surface area contributed by atoms with Gasteiger partial charge in [-0.25, -0.2) is 4.39 Å². The summed E-state index contributed by atoms with van der Waals surface area (Å²) in [5.74, 6) is 0.348. The Morgan fingerprint density at radius 2 is 1.83 bits per heavy atom. The maximum atomic E-state index is 12.9. The van der Waals surface area contributed by atoms with Gasteiger partial charge in [-0.2, -0.15) is 5.10 Å². The third kappa shape index (κ3) is 2.29. The first-order valence-electron chi connectivity index (χ1n) is 6.35. The van der Waals surface area contributed by atoms with Gasteiger partial charge in [0, 0.05) is 17.2 Å². The largest absolute Gasteiger partial charge is 0.317 e. The molecule has 0 unspecified atom stereocenters. The van der Waals surface area contributed by atoms with E-state index in [0.29, 0.717) is 5.92 Å². The van der Waals surface area contributed by atoms with E-state index >= 15 is 0 Å². The van der Waals surface area contributed by atoms with Crippen LogP contribution in [0.4, 0.5) is 4.39 Å². The van der Waals surface area contributed by atoms with Gasteiger partial charge in [0.2, 0.25) is 0 Å². The van der Waals surface area contributed by atoms with Gasteiger partial charge >= 0.3 is 0 Å². The van der Waals surface area contributed by atoms with Gasteiger partial charge < -0.3 is 5.32 Å². The molecule has 18 heavy (non-hydrogen) atoms. The zero-order valence-electron chi connectivity index (χ0n) is 10.1. The number of piperidine rings is 1. The van der Waals surface area contributed by atoms with Gasteiger partial charge in [0.1, 0.15) is 5.82 Å². The highest BCUT2D eigenvalue weighted by atomic mass is 19.1. The van der Waals surface area contributed by atoms with E-state index in [1.165, 1.54) is 17.8 Å². The lowest BCUT2D eigenvalue weighted by Gasteiger charge is -2.20. The summed E-state index contributed by atoms with van der Waals surface area (Å²) < 4.78 is 12.9. The number of hydrogen-bond donors (Lipinski definition) is 2. The van der Waals surface area contributed by atoms with Crippen molar-refractivity contribution in [1.29, 1.82) is 0 Å². The average Bonchev–Trinajstić information content (AvgIpc) is 2.90. The number of halogens is 1. The standard InChI is InChI=1S/C14H16FN3/c15-12-3-1-10(2-4-12)13-9-14(18-17-13)11-5-7-16-8-6-11/h1-4,9,11,16H,5-8H2,(H,17,18). The highest BCUT2D eigenvalue weighted by molar-refractivity contribution is 5.59. The lowest BCUT2D eigenvalue weighted by atomic mass is 9.94. The Balaban J connectivity index is 1.82. The van der Waals surface area contributed by atoms with E-state index in [1.807, 2.05) is 0 Å². The molecule has 1 aliphatic heterocycles. The molecule has 3 nitrogen and oxygen atoms in total. The van der Waals surface area contributed by atoms with Crippen molar-refractivity contribution in [1.82, 2.24) is 15.5 Å². The Labute approximate surface area is 105 Å². The molecule has 3 rings (SSSR count). The van der Waals surface area contributed by atoms with Crippen LogP contribution in [-0.2, 0) is 0 Å². The molecule has 1 fully saturated rings. The molecule has 2 N–H and O–H groups in total. The van der Waals surface area contributed by atoms with Crippen molar-refractivity contribution >= 4 is 0 Å². The van der Waals surface area contributed by atoms with Crippen LogP contribution in [-0.4, -0.2) is 23.3 Å². The van der Waals surface area contributed by atoms with Crippen molar-refractivity contribution in [2.45, 2.75) is 18.8 Å². The Kier molecular flexibility index (Phi) is 3.11. The molecular weight excluding hydrogens is 229 g/mol. The highest BCUT2D eigenvalue weighted by Crippen LogP contribution is 2.27. The molecule has 2 heterocycles. The third-order valence-electron chi connectivity index (χ3n) is 3.52. The maximum absolute atomic E-state index is 12.9. The van der Waals surface area contributed by atoms with Crippen LogP contribution in [0.2, 0.25) is 0 Å². The summed E-state index contributed by atoms with van der Waals surface area (Å²) in [4.78, 5) is 0. The molecule has 2 aromatic rings. The SMILES string of the molecule is Fc1ccc(-c2cc(C3CCNCC3)[nH]n2)cc1. The van der Waals surface area contributed by atoms with Gasteiger partial charge in [0.05, 0.1) is 5.69 Å². The van der Waals surface area contributed by atoms with E-state index in [2.05, 4.69) is 21.6 Å². The van der Waals surface area contributed by atoms with Crippen LogP contribution < -0.4 is 5.32 Å². The van der Waals surface area contributed by atoms with Gasteiger partial charge in [-0.3, -0.25) is 5.10 Å². The number of nitrogens with one attached hydrogen (secondary N) is 2. The van der Waals surface area contributed by atoms with Gasteiger partial charge in [-0.05, 0) is 56.3 Å². The number of H-pyrrole nitrogens is 1. The van der Waals surface area contributed by atoms with Crippen LogP contribution in [0.15, 0.2) is 30.3 Å². The number of rotatable bonds is 2. The second-order valence-electron chi connectivity index (χ2n) is 4.74. The molecular formula is C14H16FN3. The van der Waals surface area contributed by atoms with Crippen molar-refractivity contribution in [3.05, 3.63) is 41.8 Å². The first-order valence-corrected chi connectivity index (χ1v) is 6.35. The highest BCUT2D eigenvalue weighted by Gasteiger charge is 2.17. The van der Waals surface area contributed by atoms with E-state index in [-0.39, 0.29) is 5.82 Å². The summed E-state index contributed by atoms with van der Waals surface area (Å²) in [5, 5.41) is 10.8. The number of hydrogen-bond acceptors (Lipinski definition) is 2. The Bertz CT molecular complexity index is 512. The van der Waals surface area contributed by atoms with Gasteiger partial charge in [0.25, 0.3) is 0 Å². The summed E-state index contributed by atoms with van der Waals surface area (Å²) in [6.45, 7) is 2.13. The van der Waals surface area contributed by atoms with Crippen LogP contribution >= 0.6 is 0 Å². The van der Waals surface area contributed by atoms with Crippen molar-refractivity contribution in [3.8, 4) is 11.3 Å². The molecule has 0 bridgehead atoms.